The van der Waals surface area contributed by atoms with Crippen LogP contribution in [0.4, 0.5) is 18.9 Å². The number of thiocarbonyl (C=S) groups is 1. The van der Waals surface area contributed by atoms with Gasteiger partial charge in [-0.05, 0) is 0 Å². The third-order valence-electron chi connectivity index (χ3n) is 4.49. The van der Waals surface area contributed by atoms with Crippen LogP contribution in [0.2, 0.25) is 2.51 Å². The maximum absolute atomic E-state index is 13.0. The summed E-state index contributed by atoms with van der Waals surface area (Å²) in [6.45, 7) is 3.58. The molecule has 0 bridgehead atoms. The molecule has 2 aromatic carbocycles. The molecule has 9 heteroatoms. The number of anilines is 1. The molecule has 3 N–H and O–H groups in total. The van der Waals surface area contributed by atoms with Gasteiger partial charge in [0.25, 0.3) is 0 Å². The first-order valence-corrected chi connectivity index (χ1v) is 15.8. The van der Waals surface area contributed by atoms with Gasteiger partial charge in [0.2, 0.25) is 0 Å². The molecule has 159 valence electrons. The number of amides is 1. The van der Waals surface area contributed by atoms with Gasteiger partial charge in [0.05, 0.1) is 0 Å². The van der Waals surface area contributed by atoms with Gasteiger partial charge in [0, 0.05) is 0 Å². The van der Waals surface area contributed by atoms with E-state index in [1.165, 1.54) is 0 Å². The molecule has 4 nitrogen and oxygen atoms in total. The molecule has 2 atom stereocenters. The van der Waals surface area contributed by atoms with Crippen molar-refractivity contribution in [3.8, 4) is 0 Å². The number of alkyl halides is 3. The fourth-order valence-electron chi connectivity index (χ4n) is 3.00. The van der Waals surface area contributed by atoms with E-state index in [1.54, 1.807) is 13.0 Å². The number of halogens is 3. The molecule has 0 aliphatic carbocycles. The Morgan fingerprint density at radius 3 is 2.37 bits per heavy atom. The Morgan fingerprint density at radius 2 is 1.80 bits per heavy atom. The van der Waals surface area contributed by atoms with Crippen molar-refractivity contribution in [2.24, 2.45) is 0 Å². The summed E-state index contributed by atoms with van der Waals surface area (Å²) in [6.07, 6.45) is -3.69. The van der Waals surface area contributed by atoms with Gasteiger partial charge >= 0.3 is 202 Å². The van der Waals surface area contributed by atoms with Gasteiger partial charge < -0.3 is 0 Å². The molecular weight excluding hydrogens is 540 g/mol. The van der Waals surface area contributed by atoms with E-state index in [-0.39, 0.29) is 22.7 Å². The molecule has 2 rings (SSSR count). The van der Waals surface area contributed by atoms with Crippen LogP contribution < -0.4 is 16.0 Å². The molecule has 30 heavy (non-hydrogen) atoms. The minimum atomic E-state index is -4.44. The van der Waals surface area contributed by atoms with Gasteiger partial charge in [-0.25, -0.2) is 0 Å². The summed E-state index contributed by atoms with van der Waals surface area (Å²) in [5.41, 5.74) is 0.983. The zero-order chi connectivity index (χ0) is 22.3. The van der Waals surface area contributed by atoms with E-state index in [1.807, 2.05) is 39.8 Å². The van der Waals surface area contributed by atoms with Crippen LogP contribution in [0.25, 0.3) is 0 Å². The van der Waals surface area contributed by atoms with Crippen molar-refractivity contribution in [2.45, 2.75) is 36.6 Å². The van der Waals surface area contributed by atoms with E-state index >= 15 is 0 Å². The topological polar surface area (TPSA) is 53.2 Å². The standard InChI is InChI=1S/C20H21F3N3OS.CH3.Pr/c1-3-17(14-7-5-4-6-8-14)26-18(27)12-24-19(28)25-16-10-13(2)9-15(11-16)20(21,22)23;;/h4-12,17H,3H2,1-2H3,(H,26,27)(H2,24,25,28);1H3;/t17-;;/m1../s1. The molecule has 0 saturated carbocycles. The summed E-state index contributed by atoms with van der Waals surface area (Å²) in [4.78, 5) is 12.8. The number of rotatable bonds is 7. The average molecular weight is 564 g/mol. The fourth-order valence-corrected chi connectivity index (χ4v) is 5.98. The Bertz CT molecular complexity index is 878. The van der Waals surface area contributed by atoms with Crippen LogP contribution in [-0.4, -0.2) is 12.6 Å². The van der Waals surface area contributed by atoms with Crippen LogP contribution in [0.3, 0.4) is 0 Å². The number of carbonyl (C=O) groups is 1. The van der Waals surface area contributed by atoms with Crippen LogP contribution in [0.1, 0.15) is 36.1 Å². The van der Waals surface area contributed by atoms with E-state index < -0.39 is 50.5 Å². The van der Waals surface area contributed by atoms with E-state index in [0.717, 1.165) is 24.1 Å². The summed E-state index contributed by atoms with van der Waals surface area (Å²) in [7, 11) is 0. The molecule has 1 amide bonds. The van der Waals surface area contributed by atoms with Crippen molar-refractivity contribution >= 4 is 28.9 Å². The third-order valence-corrected chi connectivity index (χ3v) is 8.36. The second-order valence-corrected chi connectivity index (χ2v) is 11.6. The average Bonchev–Trinajstić information content (AvgIpc) is 2.69. The normalized spacial score (nSPS) is 13.0. The predicted octanol–water partition coefficient (Wildman–Crippen LogP) is 5.03. The van der Waals surface area contributed by atoms with E-state index in [9.17, 15) is 18.0 Å². The number of hydrogen-bond donors (Lipinski definition) is 3. The van der Waals surface area contributed by atoms with Crippen LogP contribution in [0, 0.1) is 44.1 Å². The predicted molar refractivity (Wildman–Crippen MR) is 113 cm³/mol. The summed E-state index contributed by atoms with van der Waals surface area (Å²) in [5.74, 6) is -0.132. The molecule has 0 spiro atoms. The number of hydrogen-bond acceptors (Lipinski definition) is 2. The first kappa shape index (κ1) is 25.0. The van der Waals surface area contributed by atoms with Crippen LogP contribution >= 0.6 is 12.2 Å². The van der Waals surface area contributed by atoms with Crippen LogP contribution in [0.15, 0.2) is 48.5 Å². The zero-order valence-corrected chi connectivity index (χ0v) is 21.5. The second kappa shape index (κ2) is 11.4. The van der Waals surface area contributed by atoms with Gasteiger partial charge in [-0.1, -0.05) is 0 Å². The zero-order valence-electron chi connectivity index (χ0n) is 17.0. The summed E-state index contributed by atoms with van der Waals surface area (Å²) in [6, 6.07) is 13.3. The Kier molecular flexibility index (Phi) is 9.50. The van der Waals surface area contributed by atoms with E-state index in [2.05, 4.69) is 16.0 Å². The molecule has 2 aromatic rings. The van der Waals surface area contributed by atoms with Crippen LogP contribution in [0.5, 0.6) is 0 Å². The summed E-state index contributed by atoms with van der Waals surface area (Å²) < 4.78 is 40.7. The molecule has 0 saturated heterocycles. The van der Waals surface area contributed by atoms with Crippen molar-refractivity contribution in [1.29, 1.82) is 0 Å². The van der Waals surface area contributed by atoms with Crippen LogP contribution in [-0.2, 0) is 11.0 Å². The third kappa shape index (κ3) is 7.47. The molecule has 0 fully saturated rings. The monoisotopic (exact) mass is 564 g/mol. The number of nitrogens with one attached hydrogen (secondary N) is 3. The first-order valence-electron chi connectivity index (χ1n) is 9.55. The molecule has 0 radical (unpaired) electrons. The number of carbonyl (C=O) groups excluding carboxylic acids is 1. The summed E-state index contributed by atoms with van der Waals surface area (Å²) in [5, 5.41) is 8.98. The van der Waals surface area contributed by atoms with Crippen molar-refractivity contribution < 1.29 is 55.1 Å². The molecule has 0 heterocycles. The van der Waals surface area contributed by atoms with E-state index in [0.29, 0.717) is 5.56 Å². The molecule has 0 unspecified atom stereocenters. The quantitative estimate of drug-likeness (QED) is 0.414. The van der Waals surface area contributed by atoms with Gasteiger partial charge in [0.1, 0.15) is 0 Å². The SMILES string of the molecule is CC[C@@H](NC(=O)[C@H](NC(=S)Nc1cc(C)cc(C(F)(F)F)c1)[Pr][CH3])c1ccccc1. The molecule has 0 aliphatic heterocycles. The van der Waals surface area contributed by atoms with Gasteiger partial charge in [0.15, 0.2) is 0 Å². The number of benzene rings is 2. The Labute approximate surface area is 200 Å². The minimum absolute atomic E-state index is 0.104. The maximum atomic E-state index is 13.0. The molecule has 0 aliphatic rings. The Hall–Kier alpha value is -1.25. The van der Waals surface area contributed by atoms with Gasteiger partial charge in [-0.2, -0.15) is 0 Å². The van der Waals surface area contributed by atoms with Crippen molar-refractivity contribution in [3.63, 3.8) is 0 Å². The Balaban J connectivity index is 2.04. The van der Waals surface area contributed by atoms with Gasteiger partial charge in [-0.3, -0.25) is 0 Å². The van der Waals surface area contributed by atoms with Crippen molar-refractivity contribution in [1.82, 2.24) is 10.6 Å². The number of aryl methyl sites for hydroxylation is 1. The van der Waals surface area contributed by atoms with Crippen molar-refractivity contribution in [2.75, 3.05) is 5.32 Å². The fraction of sp³-hybridized carbons (Fsp3) is 0.333. The first-order chi connectivity index (χ1) is 14.1. The molecular formula is C21H24F3N3OPrS. The summed E-state index contributed by atoms with van der Waals surface area (Å²) >= 11 is 3.76. The molecule has 0 aromatic heterocycles. The van der Waals surface area contributed by atoms with Gasteiger partial charge in [-0.15, -0.1) is 0 Å². The second-order valence-electron chi connectivity index (χ2n) is 6.88. The Morgan fingerprint density at radius 1 is 1.13 bits per heavy atom. The van der Waals surface area contributed by atoms with Crippen molar-refractivity contribution in [3.05, 3.63) is 65.2 Å². The van der Waals surface area contributed by atoms with E-state index in [4.69, 9.17) is 12.2 Å².